The topological polar surface area (TPSA) is 61.9 Å². The molecule has 0 aliphatic heterocycles. The van der Waals surface area contributed by atoms with E-state index in [-0.39, 0.29) is 5.84 Å². The van der Waals surface area contributed by atoms with Gasteiger partial charge in [-0.1, -0.05) is 18.2 Å². The third kappa shape index (κ3) is 2.46. The second kappa shape index (κ2) is 4.18. The van der Waals surface area contributed by atoms with E-state index in [0.717, 1.165) is 5.69 Å². The quantitative estimate of drug-likeness (QED) is 0.455. The average Bonchev–Trinajstić information content (AvgIpc) is 2.06. The highest BCUT2D eigenvalue weighted by Crippen LogP contribution is 2.04. The summed E-state index contributed by atoms with van der Waals surface area (Å²) in [6, 6.07) is 9.51. The van der Waals surface area contributed by atoms with Crippen molar-refractivity contribution in [2.24, 2.45) is 5.73 Å². The van der Waals surface area contributed by atoms with Gasteiger partial charge in [0, 0.05) is 5.69 Å². The molecule has 12 heavy (non-hydrogen) atoms. The van der Waals surface area contributed by atoms with Crippen molar-refractivity contribution in [2.45, 2.75) is 0 Å². The second-order valence-electron chi connectivity index (χ2n) is 2.26. The Bertz CT molecular complexity index is 277. The third-order valence-electron chi connectivity index (χ3n) is 1.32. The second-order valence-corrected chi connectivity index (χ2v) is 2.26. The number of amidine groups is 1. The molecule has 3 nitrogen and oxygen atoms in total. The summed E-state index contributed by atoms with van der Waals surface area (Å²) in [6.07, 6.45) is 2.82. The molecule has 4 N–H and O–H groups in total. The van der Waals surface area contributed by atoms with Crippen LogP contribution in [-0.2, 0) is 0 Å². The van der Waals surface area contributed by atoms with Crippen molar-refractivity contribution in [3.63, 3.8) is 0 Å². The summed E-state index contributed by atoms with van der Waals surface area (Å²) in [5.41, 5.74) is 6.01. The number of hydrogen-bond donors (Lipinski definition) is 3. The lowest BCUT2D eigenvalue weighted by molar-refractivity contribution is 1.47. The van der Waals surface area contributed by atoms with Crippen LogP contribution in [0.2, 0.25) is 0 Å². The van der Waals surface area contributed by atoms with Gasteiger partial charge in [0.05, 0.1) is 0 Å². The lowest BCUT2D eigenvalue weighted by atomic mass is 10.3. The molecule has 0 unspecified atom stereocenters. The molecule has 1 aromatic rings. The van der Waals surface area contributed by atoms with Gasteiger partial charge in [0.1, 0.15) is 5.84 Å². The molecular weight excluding hydrogens is 150 g/mol. The standard InChI is InChI=1S/C9H11N3/c10-7-6-9(11)12-8-4-2-1-3-5-8/h1-7H,10H2,(H2,11,12)/b7-6-. The zero-order chi connectivity index (χ0) is 8.81. The normalized spacial score (nSPS) is 10.0. The van der Waals surface area contributed by atoms with Gasteiger partial charge < -0.3 is 11.1 Å². The number of para-hydroxylation sites is 1. The van der Waals surface area contributed by atoms with E-state index in [9.17, 15) is 0 Å². The molecule has 1 aromatic carbocycles. The highest BCUT2D eigenvalue weighted by atomic mass is 14.9. The molecule has 0 saturated carbocycles. The fourth-order valence-corrected chi connectivity index (χ4v) is 0.815. The predicted octanol–water partition coefficient (Wildman–Crippen LogP) is 1.55. The maximum absolute atomic E-state index is 7.35. The van der Waals surface area contributed by atoms with Crippen LogP contribution in [0.15, 0.2) is 42.6 Å². The van der Waals surface area contributed by atoms with Crippen molar-refractivity contribution in [1.82, 2.24) is 0 Å². The van der Waals surface area contributed by atoms with Crippen molar-refractivity contribution < 1.29 is 0 Å². The lowest BCUT2D eigenvalue weighted by Crippen LogP contribution is -2.07. The molecule has 62 valence electrons. The van der Waals surface area contributed by atoms with Crippen LogP contribution >= 0.6 is 0 Å². The van der Waals surface area contributed by atoms with Crippen molar-refractivity contribution in [2.75, 3.05) is 5.32 Å². The molecule has 3 heteroatoms. The number of benzene rings is 1. The molecule has 0 heterocycles. The monoisotopic (exact) mass is 161 g/mol. The Morgan fingerprint density at radius 3 is 2.58 bits per heavy atom. The summed E-state index contributed by atoms with van der Waals surface area (Å²) in [5.74, 6) is 0.281. The summed E-state index contributed by atoms with van der Waals surface area (Å²) in [7, 11) is 0. The van der Waals surface area contributed by atoms with Crippen LogP contribution in [-0.4, -0.2) is 5.84 Å². The summed E-state index contributed by atoms with van der Waals surface area (Å²) >= 11 is 0. The first-order chi connectivity index (χ1) is 5.83. The lowest BCUT2D eigenvalue weighted by Gasteiger charge is -2.02. The fraction of sp³-hybridized carbons (Fsp3) is 0. The van der Waals surface area contributed by atoms with E-state index in [1.807, 2.05) is 30.3 Å². The van der Waals surface area contributed by atoms with E-state index in [4.69, 9.17) is 11.1 Å². The first-order valence-corrected chi connectivity index (χ1v) is 3.62. The Balaban J connectivity index is 2.59. The third-order valence-corrected chi connectivity index (χ3v) is 1.32. The maximum atomic E-state index is 7.35. The van der Waals surface area contributed by atoms with Crippen LogP contribution in [0, 0.1) is 5.41 Å². The van der Waals surface area contributed by atoms with E-state index >= 15 is 0 Å². The summed E-state index contributed by atoms with van der Waals surface area (Å²) in [5, 5.41) is 10.2. The first-order valence-electron chi connectivity index (χ1n) is 3.62. The van der Waals surface area contributed by atoms with Gasteiger partial charge in [-0.3, -0.25) is 5.41 Å². The van der Waals surface area contributed by atoms with E-state index in [1.165, 1.54) is 12.3 Å². The molecule has 0 radical (unpaired) electrons. The van der Waals surface area contributed by atoms with E-state index < -0.39 is 0 Å². The average molecular weight is 161 g/mol. The summed E-state index contributed by atoms with van der Waals surface area (Å²) in [6.45, 7) is 0. The zero-order valence-electron chi connectivity index (χ0n) is 6.62. The van der Waals surface area contributed by atoms with Crippen molar-refractivity contribution >= 4 is 11.5 Å². The first kappa shape index (κ1) is 8.33. The minimum Gasteiger partial charge on any atom is -0.404 e. The highest BCUT2D eigenvalue weighted by molar-refractivity contribution is 6.01. The Labute approximate surface area is 71.4 Å². The number of nitrogens with one attached hydrogen (secondary N) is 2. The molecule has 0 aliphatic carbocycles. The van der Waals surface area contributed by atoms with Crippen LogP contribution in [0.1, 0.15) is 0 Å². The van der Waals surface area contributed by atoms with Crippen LogP contribution in [0.5, 0.6) is 0 Å². The smallest absolute Gasteiger partial charge is 0.123 e. The minimum absolute atomic E-state index is 0.281. The fourth-order valence-electron chi connectivity index (χ4n) is 0.815. The Kier molecular flexibility index (Phi) is 2.90. The maximum Gasteiger partial charge on any atom is 0.123 e. The molecular formula is C9H11N3. The van der Waals surface area contributed by atoms with Crippen LogP contribution < -0.4 is 11.1 Å². The number of nitrogens with two attached hydrogens (primary N) is 1. The van der Waals surface area contributed by atoms with Gasteiger partial charge >= 0.3 is 0 Å². The molecule has 0 spiro atoms. The van der Waals surface area contributed by atoms with Crippen molar-refractivity contribution in [3.05, 3.63) is 42.6 Å². The van der Waals surface area contributed by atoms with Gasteiger partial charge in [0.25, 0.3) is 0 Å². The number of rotatable bonds is 2. The zero-order valence-corrected chi connectivity index (χ0v) is 6.62. The minimum atomic E-state index is 0.281. The predicted molar refractivity (Wildman–Crippen MR) is 51.1 cm³/mol. The summed E-state index contributed by atoms with van der Waals surface area (Å²) < 4.78 is 0. The van der Waals surface area contributed by atoms with Gasteiger partial charge in [0.15, 0.2) is 0 Å². The number of anilines is 1. The van der Waals surface area contributed by atoms with E-state index in [2.05, 4.69) is 5.32 Å². The van der Waals surface area contributed by atoms with Crippen LogP contribution in [0.25, 0.3) is 0 Å². The highest BCUT2D eigenvalue weighted by Gasteiger charge is 1.90. The molecule has 0 aliphatic rings. The van der Waals surface area contributed by atoms with E-state index in [0.29, 0.717) is 0 Å². The Hall–Kier alpha value is -1.77. The largest absolute Gasteiger partial charge is 0.404 e. The Morgan fingerprint density at radius 2 is 2.00 bits per heavy atom. The van der Waals surface area contributed by atoms with Crippen molar-refractivity contribution in [3.8, 4) is 0 Å². The molecule has 0 bridgehead atoms. The molecule has 0 atom stereocenters. The van der Waals surface area contributed by atoms with Gasteiger partial charge in [-0.15, -0.1) is 0 Å². The van der Waals surface area contributed by atoms with Crippen molar-refractivity contribution in [1.29, 1.82) is 5.41 Å². The number of hydrogen-bond acceptors (Lipinski definition) is 2. The molecule has 0 fully saturated rings. The van der Waals surface area contributed by atoms with Crippen LogP contribution in [0.4, 0.5) is 5.69 Å². The van der Waals surface area contributed by atoms with E-state index in [1.54, 1.807) is 0 Å². The van der Waals surface area contributed by atoms with Gasteiger partial charge in [-0.25, -0.2) is 0 Å². The SMILES string of the molecule is N=C(/C=C\N)Nc1ccccc1. The van der Waals surface area contributed by atoms with Gasteiger partial charge in [-0.2, -0.15) is 0 Å². The molecule has 1 rings (SSSR count). The molecule has 0 aromatic heterocycles. The summed E-state index contributed by atoms with van der Waals surface area (Å²) in [4.78, 5) is 0. The van der Waals surface area contributed by atoms with Gasteiger partial charge in [-0.05, 0) is 24.4 Å². The van der Waals surface area contributed by atoms with Gasteiger partial charge in [0.2, 0.25) is 0 Å². The van der Waals surface area contributed by atoms with Crippen LogP contribution in [0.3, 0.4) is 0 Å². The Morgan fingerprint density at radius 1 is 1.33 bits per heavy atom. The molecule has 0 saturated heterocycles. The molecule has 0 amide bonds.